The van der Waals surface area contributed by atoms with Crippen LogP contribution in [-0.4, -0.2) is 77.5 Å². The second kappa shape index (κ2) is 24.0. The van der Waals surface area contributed by atoms with Gasteiger partial charge in [-0.2, -0.15) is 0 Å². The molecule has 13 heteroatoms. The van der Waals surface area contributed by atoms with Crippen LogP contribution < -0.4 is 26.6 Å². The Bertz CT molecular complexity index is 2000. The van der Waals surface area contributed by atoms with Crippen molar-refractivity contribution in [2.45, 2.75) is 96.1 Å². The lowest BCUT2D eigenvalue weighted by atomic mass is 9.77. The molecule has 0 fully saturated rings. The van der Waals surface area contributed by atoms with Gasteiger partial charge in [-0.1, -0.05) is 141 Å². The van der Waals surface area contributed by atoms with Gasteiger partial charge < -0.3 is 36.4 Å². The number of hydrogen-bond acceptors (Lipinski definition) is 8. The Morgan fingerprint density at radius 3 is 1.61 bits per heavy atom. The number of carbonyl (C=O) groups excluding carboxylic acids is 6. The van der Waals surface area contributed by atoms with Gasteiger partial charge in [-0.15, -0.1) is 0 Å². The molecule has 0 radical (unpaired) electrons. The fourth-order valence-corrected chi connectivity index (χ4v) is 7.14. The molecule has 328 valence electrons. The fraction of sp³-hybridized carbons (Fsp3) is 0.347. The van der Waals surface area contributed by atoms with Crippen molar-refractivity contribution in [3.8, 4) is 0 Å². The number of ether oxygens (including phenoxy) is 1. The monoisotopic (exact) mass is 845 g/mol. The first kappa shape index (κ1) is 48.1. The molecule has 0 bridgehead atoms. The number of benzene rings is 4. The minimum atomic E-state index is -1.32. The number of esters is 1. The summed E-state index contributed by atoms with van der Waals surface area (Å²) >= 11 is 0. The lowest BCUT2D eigenvalue weighted by Gasteiger charge is -2.37. The van der Waals surface area contributed by atoms with Gasteiger partial charge in [-0.25, -0.2) is 4.79 Å². The summed E-state index contributed by atoms with van der Waals surface area (Å²) in [5.74, 6) is -3.62. The lowest BCUT2D eigenvalue weighted by Crippen LogP contribution is -2.59. The lowest BCUT2D eigenvalue weighted by molar-refractivity contribution is -0.137. The Labute approximate surface area is 364 Å². The molecule has 13 nitrogen and oxygen atoms in total. The smallest absolute Gasteiger partial charge is 0.330 e. The van der Waals surface area contributed by atoms with Crippen LogP contribution in [0.15, 0.2) is 133 Å². The Morgan fingerprint density at radius 2 is 1.15 bits per heavy atom. The summed E-state index contributed by atoms with van der Waals surface area (Å²) in [6.07, 6.45) is 1.62. The predicted molar refractivity (Wildman–Crippen MR) is 237 cm³/mol. The third-order valence-corrected chi connectivity index (χ3v) is 10.1. The molecule has 0 unspecified atom stereocenters. The van der Waals surface area contributed by atoms with Gasteiger partial charge in [0.25, 0.3) is 0 Å². The molecular weight excluding hydrogens is 787 g/mol. The minimum absolute atomic E-state index is 0.0594. The normalized spacial score (nSPS) is 13.8. The van der Waals surface area contributed by atoms with Gasteiger partial charge >= 0.3 is 5.97 Å². The van der Waals surface area contributed by atoms with Crippen LogP contribution >= 0.6 is 0 Å². The summed E-state index contributed by atoms with van der Waals surface area (Å²) in [5, 5.41) is 24.4. The molecule has 0 spiro atoms. The first-order valence-corrected chi connectivity index (χ1v) is 21.0. The first-order valence-electron chi connectivity index (χ1n) is 21.0. The average Bonchev–Trinajstić information content (AvgIpc) is 3.26. The molecule has 6 N–H and O–H groups in total. The van der Waals surface area contributed by atoms with Crippen LogP contribution in [0.4, 0.5) is 0 Å². The average molecular weight is 846 g/mol. The summed E-state index contributed by atoms with van der Waals surface area (Å²) < 4.78 is 5.11. The van der Waals surface area contributed by atoms with Gasteiger partial charge in [-0.3, -0.25) is 24.0 Å². The molecule has 4 aromatic carbocycles. The Hall–Kier alpha value is -6.60. The Balaban J connectivity index is 1.63. The van der Waals surface area contributed by atoms with E-state index in [1.165, 1.54) is 26.0 Å². The maximum absolute atomic E-state index is 14.3. The van der Waals surface area contributed by atoms with E-state index in [1.807, 2.05) is 111 Å². The molecule has 0 aliphatic rings. The molecule has 0 aliphatic carbocycles. The van der Waals surface area contributed by atoms with Crippen molar-refractivity contribution in [2.24, 2.45) is 5.92 Å². The fourth-order valence-electron chi connectivity index (χ4n) is 7.14. The Kier molecular flexibility index (Phi) is 18.6. The number of nitrogens with one attached hydrogen (secondary N) is 5. The van der Waals surface area contributed by atoms with Crippen LogP contribution in [0.2, 0.25) is 0 Å². The first-order chi connectivity index (χ1) is 29.7. The van der Waals surface area contributed by atoms with Gasteiger partial charge in [0.2, 0.25) is 29.5 Å². The summed E-state index contributed by atoms with van der Waals surface area (Å²) in [5.41, 5.74) is 2.15. The summed E-state index contributed by atoms with van der Waals surface area (Å²) in [7, 11) is 0. The van der Waals surface area contributed by atoms with Crippen LogP contribution in [0, 0.1) is 5.92 Å². The van der Waals surface area contributed by atoms with E-state index in [0.717, 1.165) is 22.3 Å². The van der Waals surface area contributed by atoms with Gasteiger partial charge in [-0.05, 0) is 54.9 Å². The SMILES string of the molecule is CCOC(=O)/C=C/[C@H](CCC(=O)NC(c1ccccc1)(c1ccccc1)c1ccccc1)NC(=O)[C@H](Cc1ccccc1)NC(=O)[C@H](CC(C)C)NC(=O)[C@@H](NC(C)=O)[C@@H](C)O. The van der Waals surface area contributed by atoms with Gasteiger partial charge in [0.05, 0.1) is 12.7 Å². The number of rotatable bonds is 22. The standard InChI is InChI=1S/C49H59N5O8/c1-6-62-44(58)30-28-40(27-29-43(57)54-49(37-21-13-8-14-22-37,38-23-15-9-16-24-38)39-25-17-10-18-26-39)51-46(59)42(32-36-19-11-7-12-20-36)52-47(60)41(31-33(2)3)53-48(61)45(34(4)55)50-35(5)56/h7-26,28,30,33-34,40-42,45,55H,6,27,29,31-32H2,1-5H3,(H,50,56)(H,51,59)(H,52,60)(H,53,61)(H,54,57)/b30-28+/t34-,40+,41+,42+,45+/m1/s1. The Morgan fingerprint density at radius 1 is 0.661 bits per heavy atom. The molecule has 5 atom stereocenters. The van der Waals surface area contributed by atoms with E-state index < -0.39 is 65.4 Å². The molecule has 0 aliphatic heterocycles. The number of aliphatic hydroxyl groups is 1. The third kappa shape index (κ3) is 14.3. The highest BCUT2D eigenvalue weighted by Gasteiger charge is 2.38. The number of carbonyl (C=O) groups is 6. The number of hydrogen-bond donors (Lipinski definition) is 6. The van der Waals surface area contributed by atoms with Crippen molar-refractivity contribution < 1.29 is 38.6 Å². The van der Waals surface area contributed by atoms with E-state index in [1.54, 1.807) is 31.2 Å². The van der Waals surface area contributed by atoms with Gasteiger partial charge in [0, 0.05) is 31.9 Å². The molecule has 0 heterocycles. The van der Waals surface area contributed by atoms with Gasteiger partial charge in [0.1, 0.15) is 23.7 Å². The van der Waals surface area contributed by atoms with Gasteiger partial charge in [0.15, 0.2) is 0 Å². The summed E-state index contributed by atoms with van der Waals surface area (Å²) in [4.78, 5) is 80.2. The van der Waals surface area contributed by atoms with Crippen LogP contribution in [0.3, 0.4) is 0 Å². The topological polar surface area (TPSA) is 192 Å². The molecule has 5 amide bonds. The molecule has 0 aromatic heterocycles. The molecule has 0 saturated heterocycles. The molecule has 62 heavy (non-hydrogen) atoms. The van der Waals surface area contributed by atoms with Crippen molar-refractivity contribution in [1.82, 2.24) is 26.6 Å². The van der Waals surface area contributed by atoms with Crippen molar-refractivity contribution in [1.29, 1.82) is 0 Å². The quantitative estimate of drug-likeness (QED) is 0.0375. The highest BCUT2D eigenvalue weighted by Crippen LogP contribution is 2.37. The largest absolute Gasteiger partial charge is 0.463 e. The van der Waals surface area contributed by atoms with Crippen molar-refractivity contribution in [3.05, 3.63) is 156 Å². The van der Waals surface area contributed by atoms with Crippen LogP contribution in [0.1, 0.15) is 76.1 Å². The molecule has 4 rings (SSSR count). The van der Waals surface area contributed by atoms with E-state index in [2.05, 4.69) is 26.6 Å². The van der Waals surface area contributed by atoms with E-state index in [0.29, 0.717) is 0 Å². The molecule has 4 aromatic rings. The summed E-state index contributed by atoms with van der Waals surface area (Å²) in [6.45, 7) is 8.08. The van der Waals surface area contributed by atoms with Crippen molar-refractivity contribution >= 4 is 35.5 Å². The van der Waals surface area contributed by atoms with E-state index in [-0.39, 0.29) is 44.1 Å². The maximum Gasteiger partial charge on any atom is 0.330 e. The van der Waals surface area contributed by atoms with Crippen molar-refractivity contribution in [2.75, 3.05) is 6.61 Å². The number of amides is 5. The van der Waals surface area contributed by atoms with E-state index in [4.69, 9.17) is 4.74 Å². The second-order valence-corrected chi connectivity index (χ2v) is 15.5. The summed E-state index contributed by atoms with van der Waals surface area (Å²) in [6, 6.07) is 33.5. The third-order valence-electron chi connectivity index (χ3n) is 10.1. The van der Waals surface area contributed by atoms with Crippen LogP contribution in [-0.2, 0) is 45.5 Å². The van der Waals surface area contributed by atoms with E-state index in [9.17, 15) is 33.9 Å². The predicted octanol–water partition coefficient (Wildman–Crippen LogP) is 4.62. The highest BCUT2D eigenvalue weighted by atomic mass is 16.5. The number of aliphatic hydroxyl groups excluding tert-OH is 1. The van der Waals surface area contributed by atoms with Crippen LogP contribution in [0.5, 0.6) is 0 Å². The highest BCUT2D eigenvalue weighted by molar-refractivity contribution is 5.94. The zero-order valence-corrected chi connectivity index (χ0v) is 36.0. The zero-order chi connectivity index (χ0) is 45.1. The van der Waals surface area contributed by atoms with Crippen LogP contribution in [0.25, 0.3) is 0 Å². The van der Waals surface area contributed by atoms with Crippen molar-refractivity contribution in [3.63, 3.8) is 0 Å². The maximum atomic E-state index is 14.3. The molecule has 0 saturated carbocycles. The second-order valence-electron chi connectivity index (χ2n) is 15.5. The zero-order valence-electron chi connectivity index (χ0n) is 36.0. The molecular formula is C49H59N5O8. The minimum Gasteiger partial charge on any atom is -0.463 e. The van der Waals surface area contributed by atoms with E-state index >= 15 is 0 Å².